The maximum atomic E-state index is 7.19. The van der Waals surface area contributed by atoms with E-state index in [1.54, 1.807) is 0 Å². The van der Waals surface area contributed by atoms with Crippen molar-refractivity contribution in [2.75, 3.05) is 0 Å². The zero-order valence-corrected chi connectivity index (χ0v) is 41.7. The molecule has 0 atom stereocenters. The Balaban J connectivity index is 1.42. The van der Waals surface area contributed by atoms with Gasteiger partial charge in [-0.05, 0) is 82.3 Å². The monoisotopic (exact) mass is 922 g/mol. The first-order valence-corrected chi connectivity index (χ1v) is 23.1. The largest absolute Gasteiger partial charge is 0.457 e. The van der Waals surface area contributed by atoms with Crippen molar-refractivity contribution in [3.8, 4) is 44.5 Å². The summed E-state index contributed by atoms with van der Waals surface area (Å²) in [5.74, 6) is 0. The van der Waals surface area contributed by atoms with Gasteiger partial charge in [-0.1, -0.05) is 104 Å². The highest BCUT2D eigenvalue weighted by Crippen LogP contribution is 2.43. The molecule has 1 nitrogen and oxygen atoms in total. The Kier molecular flexibility index (Phi) is 14.3. The Bertz CT molecular complexity index is 4430. The van der Waals surface area contributed by atoms with Gasteiger partial charge in [0, 0.05) is 10.8 Å². The first-order valence-electron chi connectivity index (χ1n) is 23.1. The van der Waals surface area contributed by atoms with Crippen LogP contribution in [0.5, 0.6) is 0 Å². The molecule has 0 aliphatic carbocycles. The van der Waals surface area contributed by atoms with Crippen LogP contribution in [0.25, 0.3) is 98.8 Å². The van der Waals surface area contributed by atoms with Crippen LogP contribution in [0.15, 0.2) is 4.42 Å². The Hall–Kier alpha value is -4.49. The minimum atomic E-state index is -0.308. The van der Waals surface area contributed by atoms with Gasteiger partial charge in [0.05, 0.1) is 0 Å². The van der Waals surface area contributed by atoms with Crippen LogP contribution < -0.4 is 164 Å². The Labute approximate surface area is 498 Å². The van der Waals surface area contributed by atoms with Crippen LogP contribution in [0, 0.1) is 0 Å². The Morgan fingerprint density at radius 3 is 0.620 bits per heavy atom. The lowest BCUT2D eigenvalue weighted by Crippen LogP contribution is -2.57. The lowest BCUT2D eigenvalue weighted by atomic mass is 9.54. The van der Waals surface area contributed by atoms with Gasteiger partial charge in [-0.15, -0.1) is 54.6 Å². The van der Waals surface area contributed by atoms with Gasteiger partial charge in [-0.25, -0.2) is 0 Å². The molecule has 10 rings (SSSR count). The van der Waals surface area contributed by atoms with E-state index in [4.69, 9.17) is 240 Å². The molecule has 1 aromatic heterocycles. The lowest BCUT2D eigenvalue weighted by Gasteiger charge is -2.33. The summed E-state index contributed by atoms with van der Waals surface area (Å²) in [7, 11) is 203. The molecule has 0 bridgehead atoms. The van der Waals surface area contributed by atoms with Crippen LogP contribution in [0.2, 0.25) is 0 Å². The predicted molar refractivity (Wildman–Crippen MR) is 370 cm³/mol. The number of hydrogen-bond donors (Lipinski definition) is 0. The summed E-state index contributed by atoms with van der Waals surface area (Å²) in [6.07, 6.45) is 0. The molecule has 0 aliphatic rings. The quantitative estimate of drug-likeness (QED) is 0.127. The van der Waals surface area contributed by atoms with Gasteiger partial charge in [0.15, 0.2) is 0 Å². The van der Waals surface area contributed by atoms with Crippen LogP contribution in [0.3, 0.4) is 0 Å². The van der Waals surface area contributed by atoms with Crippen molar-refractivity contribution in [2.45, 2.75) is 0 Å². The van der Waals surface area contributed by atoms with Crippen molar-refractivity contribution in [3.63, 3.8) is 0 Å². The first kappa shape index (κ1) is 57.7. The third-order valence-corrected chi connectivity index (χ3v) is 15.3. The minimum Gasteiger partial charge on any atom is -0.457 e. The standard InChI is InChI=1S/C48B30O/c49-17-10-15(34(66)41(73)40(72)31(10)63)35(67)48-16(17)8-7(22(54)44(76)46(78)47(8)79-48)1-3-5(20(52)38(70)36(68)18(3)50)2(6-4(1)19(51)37(69)39(71)21(6)53)9-23(55)25(57)11(26(58)24(9)56)12-27(59)29(61)13(30(62)28(12)60)14-32(64)42(74)45(77)43(75)33(14)65. The molecular weight excluding hydrogens is 917 g/mol. The minimum absolute atomic E-state index is 0.00732. The average Bonchev–Trinajstić information content (AvgIpc) is 4.04. The third kappa shape index (κ3) is 7.52. The van der Waals surface area contributed by atoms with Crippen molar-refractivity contribution < 1.29 is 4.42 Å². The van der Waals surface area contributed by atoms with Gasteiger partial charge in [0.25, 0.3) is 0 Å². The number of furan rings is 1. The number of rotatable bonds is 4. The zero-order valence-electron chi connectivity index (χ0n) is 41.7. The molecule has 1 heterocycles. The molecule has 0 saturated carbocycles. The van der Waals surface area contributed by atoms with Crippen molar-refractivity contribution in [2.24, 2.45) is 0 Å². The maximum absolute atomic E-state index is 7.19. The molecule has 31 heteroatoms. The summed E-state index contributed by atoms with van der Waals surface area (Å²) < 4.78 is 6.51. The summed E-state index contributed by atoms with van der Waals surface area (Å²) in [5.41, 5.74) is -6.24. The van der Waals surface area contributed by atoms with Gasteiger partial charge in [0.1, 0.15) is 247 Å². The van der Waals surface area contributed by atoms with Crippen LogP contribution >= 0.6 is 0 Å². The smallest absolute Gasteiger partial charge is 0.128 e. The van der Waals surface area contributed by atoms with E-state index in [9.17, 15) is 0 Å². The van der Waals surface area contributed by atoms with E-state index in [0.717, 1.165) is 0 Å². The van der Waals surface area contributed by atoms with E-state index in [1.165, 1.54) is 0 Å². The van der Waals surface area contributed by atoms with E-state index in [0.29, 0.717) is 0 Å². The third-order valence-electron chi connectivity index (χ3n) is 15.3. The van der Waals surface area contributed by atoms with E-state index in [1.807, 2.05) is 0 Å². The molecule has 0 spiro atoms. The summed E-state index contributed by atoms with van der Waals surface area (Å²) in [6, 6.07) is 0. The highest BCUT2D eigenvalue weighted by molar-refractivity contribution is 6.77. The van der Waals surface area contributed by atoms with Gasteiger partial charge in [-0.3, -0.25) is 0 Å². The van der Waals surface area contributed by atoms with E-state index in [2.05, 4.69) is 0 Å². The van der Waals surface area contributed by atoms with Crippen molar-refractivity contribution >= 4 is 454 Å². The molecule has 0 saturated heterocycles. The number of fused-ring (bicyclic) bond motifs is 6. The second kappa shape index (κ2) is 19.6. The van der Waals surface area contributed by atoms with Gasteiger partial charge in [-0.2, -0.15) is 0 Å². The van der Waals surface area contributed by atoms with Crippen LogP contribution in [0.1, 0.15) is 0 Å². The second-order valence-corrected chi connectivity index (χ2v) is 19.2. The highest BCUT2D eigenvalue weighted by atomic mass is 16.3. The molecule has 0 N–H and O–H groups in total. The van der Waals surface area contributed by atoms with Gasteiger partial charge in [0.2, 0.25) is 0 Å². The first-order chi connectivity index (χ1) is 36.8. The molecule has 0 unspecified atom stereocenters. The lowest BCUT2D eigenvalue weighted by molar-refractivity contribution is 0.675. The molecule has 79 heavy (non-hydrogen) atoms. The summed E-state index contributed by atoms with van der Waals surface area (Å²) in [5, 5.41) is 0.136. The fourth-order valence-electron chi connectivity index (χ4n) is 11.0. The topological polar surface area (TPSA) is 13.1 Å². The van der Waals surface area contributed by atoms with Gasteiger partial charge >= 0.3 is 0 Å². The summed E-state index contributed by atoms with van der Waals surface area (Å²) in [6.45, 7) is 0. The Morgan fingerprint density at radius 2 is 0.304 bits per heavy atom. The maximum Gasteiger partial charge on any atom is 0.128 e. The molecule has 0 amide bonds. The van der Waals surface area contributed by atoms with E-state index < -0.39 is 0 Å². The van der Waals surface area contributed by atoms with Gasteiger partial charge < -0.3 is 4.42 Å². The van der Waals surface area contributed by atoms with Crippen LogP contribution in [-0.2, 0) is 0 Å². The average molecular weight is 917 g/mol. The molecular formula is C48B30O. The van der Waals surface area contributed by atoms with E-state index >= 15 is 0 Å². The molecule has 10 aromatic rings. The Morgan fingerprint density at radius 1 is 0.114 bits per heavy atom. The highest BCUT2D eigenvalue weighted by Gasteiger charge is 2.32. The number of hydrogen-bond acceptors (Lipinski definition) is 1. The summed E-state index contributed by atoms with van der Waals surface area (Å²) >= 11 is 0. The van der Waals surface area contributed by atoms with Crippen LogP contribution in [0.4, 0.5) is 0 Å². The molecule has 288 valence electrons. The second-order valence-electron chi connectivity index (χ2n) is 19.2. The fraction of sp³-hybridized carbons (Fsp3) is 0. The van der Waals surface area contributed by atoms with Crippen molar-refractivity contribution in [1.29, 1.82) is 0 Å². The van der Waals surface area contributed by atoms with Crippen LogP contribution in [-0.4, -0.2) is 235 Å². The zero-order chi connectivity index (χ0) is 58.4. The molecule has 0 fully saturated rings. The van der Waals surface area contributed by atoms with E-state index in [-0.39, 0.29) is 263 Å². The summed E-state index contributed by atoms with van der Waals surface area (Å²) in [4.78, 5) is 0. The fourth-order valence-corrected chi connectivity index (χ4v) is 11.0. The SMILES string of the molecule is [B]c1c([B])c([B])c(-c2c([B])c([B])c(-c3c([B])c([B])c(-c4c5c([B])c([B])c([B])c([B])c5c(-c5c([B])c([B])c([B])c6oc7c([B])c8c([B])c([B])c([B])c([B])c8c([B])c7c56)c5c([B])c([B])c([B])c([B])c45)c([B])c3[B])c([B])c2[B])c([B])c1[B]. The molecule has 60 radical (unpaired) electrons. The normalized spacial score (nSPS) is 11.8. The van der Waals surface area contributed by atoms with Crippen molar-refractivity contribution in [3.05, 3.63) is 0 Å². The predicted octanol–water partition coefficient (Wildman–Crippen LogP) is -22.5. The van der Waals surface area contributed by atoms with Crippen molar-refractivity contribution in [1.82, 2.24) is 0 Å². The molecule has 0 aliphatic heterocycles. The molecule has 9 aromatic carbocycles. The number of benzene rings is 9.